The first kappa shape index (κ1) is 16.8. The second kappa shape index (κ2) is 6.69. The highest BCUT2D eigenvalue weighted by atomic mass is 32.2. The molecule has 0 unspecified atom stereocenters. The van der Waals surface area contributed by atoms with Gasteiger partial charge in [-0.2, -0.15) is 11.8 Å². The number of sulfonamides is 1. The van der Waals surface area contributed by atoms with Crippen LogP contribution in [0.1, 0.15) is 32.8 Å². The molecule has 1 fully saturated rings. The van der Waals surface area contributed by atoms with E-state index in [9.17, 15) is 8.42 Å². The smallest absolute Gasteiger partial charge is 0.241 e. The molecule has 0 radical (unpaired) electrons. The Labute approximate surface area is 132 Å². The highest BCUT2D eigenvalue weighted by Crippen LogP contribution is 2.20. The molecule has 6 heteroatoms. The molecule has 1 aliphatic rings. The standard InChI is InChI=1S/C15H24N2O2S2/c1-15(2,3)17-21(18,19)14-7-5-4-6-12(14)10-16-13-8-9-20-11-13/h4-7,13,16-17H,8-11H2,1-3H3/t13-/m1/s1. The molecule has 0 saturated carbocycles. The Kier molecular flexibility index (Phi) is 5.35. The number of hydrogen-bond donors (Lipinski definition) is 2. The summed E-state index contributed by atoms with van der Waals surface area (Å²) in [7, 11) is -3.49. The Morgan fingerprint density at radius 1 is 1.29 bits per heavy atom. The van der Waals surface area contributed by atoms with Crippen LogP contribution in [0, 0.1) is 0 Å². The van der Waals surface area contributed by atoms with Crippen molar-refractivity contribution in [3.63, 3.8) is 0 Å². The molecule has 1 aromatic rings. The molecule has 2 N–H and O–H groups in total. The van der Waals surface area contributed by atoms with E-state index in [4.69, 9.17) is 0 Å². The normalized spacial score (nSPS) is 19.9. The quantitative estimate of drug-likeness (QED) is 0.871. The molecule has 1 atom stereocenters. The fourth-order valence-corrected chi connectivity index (χ4v) is 5.17. The summed E-state index contributed by atoms with van der Waals surface area (Å²) in [6, 6.07) is 7.70. The lowest BCUT2D eigenvalue weighted by atomic mass is 10.1. The van der Waals surface area contributed by atoms with Crippen molar-refractivity contribution in [2.24, 2.45) is 0 Å². The summed E-state index contributed by atoms with van der Waals surface area (Å²) in [5.74, 6) is 2.29. The van der Waals surface area contributed by atoms with Gasteiger partial charge in [-0.3, -0.25) is 0 Å². The highest BCUT2D eigenvalue weighted by Gasteiger charge is 2.24. The summed E-state index contributed by atoms with van der Waals surface area (Å²) in [5.41, 5.74) is 0.340. The van der Waals surface area contributed by atoms with Crippen molar-refractivity contribution in [1.82, 2.24) is 10.0 Å². The van der Waals surface area contributed by atoms with Crippen molar-refractivity contribution < 1.29 is 8.42 Å². The summed E-state index contributed by atoms with van der Waals surface area (Å²) >= 11 is 1.94. The zero-order chi connectivity index (χ0) is 15.5. The average molecular weight is 329 g/mol. The van der Waals surface area contributed by atoms with Crippen molar-refractivity contribution in [2.45, 2.75) is 50.2 Å². The molecule has 1 heterocycles. The molecule has 0 aliphatic carbocycles. The van der Waals surface area contributed by atoms with Gasteiger partial charge in [-0.05, 0) is 44.6 Å². The monoisotopic (exact) mass is 328 g/mol. The number of thioether (sulfide) groups is 1. The van der Waals surface area contributed by atoms with Gasteiger partial charge in [-0.25, -0.2) is 13.1 Å². The van der Waals surface area contributed by atoms with E-state index in [1.54, 1.807) is 12.1 Å². The largest absolute Gasteiger partial charge is 0.309 e. The van der Waals surface area contributed by atoms with Crippen LogP contribution in [-0.4, -0.2) is 31.5 Å². The van der Waals surface area contributed by atoms with Crippen LogP contribution in [0.15, 0.2) is 29.2 Å². The van der Waals surface area contributed by atoms with Gasteiger partial charge >= 0.3 is 0 Å². The van der Waals surface area contributed by atoms with Crippen LogP contribution in [-0.2, 0) is 16.6 Å². The number of rotatable bonds is 5. The van der Waals surface area contributed by atoms with Crippen molar-refractivity contribution >= 4 is 21.8 Å². The van der Waals surface area contributed by atoms with Crippen molar-refractivity contribution in [3.8, 4) is 0 Å². The molecule has 0 bridgehead atoms. The van der Waals surface area contributed by atoms with E-state index < -0.39 is 15.6 Å². The van der Waals surface area contributed by atoms with Gasteiger partial charge in [0.15, 0.2) is 0 Å². The van der Waals surface area contributed by atoms with Gasteiger partial charge in [0.25, 0.3) is 0 Å². The minimum atomic E-state index is -3.49. The van der Waals surface area contributed by atoms with Crippen molar-refractivity contribution in [1.29, 1.82) is 0 Å². The summed E-state index contributed by atoms with van der Waals surface area (Å²) in [6.45, 7) is 6.13. The van der Waals surface area contributed by atoms with Crippen LogP contribution in [0.4, 0.5) is 0 Å². The van der Waals surface area contributed by atoms with E-state index in [0.717, 1.165) is 17.7 Å². The third-order valence-corrected chi connectivity index (χ3v) is 6.23. The van der Waals surface area contributed by atoms with E-state index in [1.807, 2.05) is 44.7 Å². The zero-order valence-corrected chi connectivity index (χ0v) is 14.5. The van der Waals surface area contributed by atoms with E-state index in [-0.39, 0.29) is 0 Å². The minimum absolute atomic E-state index is 0.373. The Morgan fingerprint density at radius 3 is 2.62 bits per heavy atom. The van der Waals surface area contributed by atoms with Gasteiger partial charge in [0, 0.05) is 23.9 Å². The molecule has 1 saturated heterocycles. The number of benzene rings is 1. The number of nitrogens with one attached hydrogen (secondary N) is 2. The molecular formula is C15H24N2O2S2. The van der Waals surface area contributed by atoms with Crippen LogP contribution in [0.2, 0.25) is 0 Å². The average Bonchev–Trinajstić information content (AvgIpc) is 2.87. The molecular weight excluding hydrogens is 304 g/mol. The Morgan fingerprint density at radius 2 is 2.00 bits per heavy atom. The lowest BCUT2D eigenvalue weighted by Gasteiger charge is -2.22. The molecule has 1 aromatic carbocycles. The topological polar surface area (TPSA) is 58.2 Å². The van der Waals surface area contributed by atoms with Gasteiger partial charge in [0.1, 0.15) is 0 Å². The van der Waals surface area contributed by atoms with Crippen molar-refractivity contribution in [3.05, 3.63) is 29.8 Å². The minimum Gasteiger partial charge on any atom is -0.309 e. The van der Waals surface area contributed by atoms with Gasteiger partial charge in [0.05, 0.1) is 4.90 Å². The fraction of sp³-hybridized carbons (Fsp3) is 0.600. The second-order valence-corrected chi connectivity index (χ2v) is 9.21. The molecule has 118 valence electrons. The lowest BCUT2D eigenvalue weighted by Crippen LogP contribution is -2.41. The molecule has 0 amide bonds. The predicted octanol–water partition coefficient (Wildman–Crippen LogP) is 2.36. The zero-order valence-electron chi connectivity index (χ0n) is 12.8. The van der Waals surface area contributed by atoms with Gasteiger partial charge in [-0.1, -0.05) is 18.2 Å². The van der Waals surface area contributed by atoms with E-state index in [2.05, 4.69) is 10.0 Å². The van der Waals surface area contributed by atoms with E-state index in [0.29, 0.717) is 17.5 Å². The van der Waals surface area contributed by atoms with Gasteiger partial charge in [0.2, 0.25) is 10.0 Å². The maximum absolute atomic E-state index is 12.5. The molecule has 0 spiro atoms. The molecule has 2 rings (SSSR count). The third-order valence-electron chi connectivity index (χ3n) is 3.21. The third kappa shape index (κ3) is 4.98. The van der Waals surface area contributed by atoms with Crippen LogP contribution in [0.25, 0.3) is 0 Å². The lowest BCUT2D eigenvalue weighted by molar-refractivity contribution is 0.489. The van der Waals surface area contributed by atoms with Crippen LogP contribution in [0.3, 0.4) is 0 Å². The molecule has 1 aliphatic heterocycles. The summed E-state index contributed by atoms with van der Waals surface area (Å²) in [4.78, 5) is 0.373. The first-order valence-corrected chi connectivity index (χ1v) is 9.85. The fourth-order valence-electron chi connectivity index (χ4n) is 2.32. The Hall–Kier alpha value is -0.560. The molecule has 4 nitrogen and oxygen atoms in total. The first-order chi connectivity index (χ1) is 9.78. The van der Waals surface area contributed by atoms with Crippen LogP contribution in [0.5, 0.6) is 0 Å². The maximum atomic E-state index is 12.5. The SMILES string of the molecule is CC(C)(C)NS(=O)(=O)c1ccccc1CN[C@@H]1CCSC1. The first-order valence-electron chi connectivity index (χ1n) is 7.21. The second-order valence-electron chi connectivity index (χ2n) is 6.40. The Balaban J connectivity index is 2.15. The van der Waals surface area contributed by atoms with Crippen LogP contribution >= 0.6 is 11.8 Å². The maximum Gasteiger partial charge on any atom is 0.241 e. The van der Waals surface area contributed by atoms with E-state index in [1.165, 1.54) is 5.75 Å². The molecule has 21 heavy (non-hydrogen) atoms. The summed E-state index contributed by atoms with van der Waals surface area (Å²) in [5, 5.41) is 3.46. The Bertz CT molecular complexity index is 574. The predicted molar refractivity (Wildman–Crippen MR) is 89.1 cm³/mol. The number of hydrogen-bond acceptors (Lipinski definition) is 4. The summed E-state index contributed by atoms with van der Waals surface area (Å²) < 4.78 is 27.8. The van der Waals surface area contributed by atoms with Crippen LogP contribution < -0.4 is 10.0 Å². The van der Waals surface area contributed by atoms with E-state index >= 15 is 0 Å². The van der Waals surface area contributed by atoms with Gasteiger partial charge in [-0.15, -0.1) is 0 Å². The highest BCUT2D eigenvalue weighted by molar-refractivity contribution is 7.99. The molecule has 0 aromatic heterocycles. The summed E-state index contributed by atoms with van der Waals surface area (Å²) in [6.07, 6.45) is 1.15. The van der Waals surface area contributed by atoms with Gasteiger partial charge < -0.3 is 5.32 Å². The van der Waals surface area contributed by atoms with Crippen molar-refractivity contribution in [2.75, 3.05) is 11.5 Å².